The first kappa shape index (κ1) is 34.6. The fourth-order valence-corrected chi connectivity index (χ4v) is 7.01. The zero-order chi connectivity index (χ0) is 35.3. The number of likely N-dealkylation sites (N-methyl/N-ethyl adjacent to an activating group) is 1. The first-order valence-electron chi connectivity index (χ1n) is 15.1. The highest BCUT2D eigenvalue weighted by atomic mass is 16.6. The van der Waals surface area contributed by atoms with Crippen molar-refractivity contribution in [1.29, 1.82) is 0 Å². The van der Waals surface area contributed by atoms with E-state index in [0.717, 1.165) is 19.4 Å². The number of aliphatic hydroxyl groups excluding tert-OH is 1. The second-order valence-electron chi connectivity index (χ2n) is 12.3. The van der Waals surface area contributed by atoms with Crippen molar-refractivity contribution in [3.05, 3.63) is 35.1 Å². The van der Waals surface area contributed by atoms with Crippen molar-refractivity contribution >= 4 is 35.8 Å². The lowest BCUT2D eigenvalue weighted by Crippen LogP contribution is -2.74. The van der Waals surface area contributed by atoms with E-state index in [1.165, 1.54) is 12.1 Å². The summed E-state index contributed by atoms with van der Waals surface area (Å²) in [5, 5.41) is 50.3. The molecular formula is C31H35NO16. The van der Waals surface area contributed by atoms with E-state index in [2.05, 4.69) is 4.74 Å². The molecule has 1 aromatic carbocycles. The molecule has 4 aliphatic rings. The summed E-state index contributed by atoms with van der Waals surface area (Å²) in [7, 11) is 1.90. The average Bonchev–Trinajstić information content (AvgIpc) is 3.37. The lowest BCUT2D eigenvalue weighted by atomic mass is 9.50. The van der Waals surface area contributed by atoms with Gasteiger partial charge in [0.25, 0.3) is 0 Å². The predicted molar refractivity (Wildman–Crippen MR) is 154 cm³/mol. The summed E-state index contributed by atoms with van der Waals surface area (Å²) in [4.78, 5) is 75.0. The van der Waals surface area contributed by atoms with Crippen LogP contribution in [0.2, 0.25) is 0 Å². The normalized spacial score (nSPS) is 27.5. The minimum Gasteiger partial charge on any atom is -0.504 e. The standard InChI is InChI=1S/C31H35NO16/c1-13(26(37)38)44-28(41)14(2)45-29(42)19(47-21(35)11-17(34)27(39)40)12-22(36)46-18-6-7-31(43)20-10-15-4-5-16(33)24-23(15)30(31,25(18)48-24)8-9-32(20)3/h4-6,13-14,17,19-20,25,33-34,43H,7-12H2,1-3H3,(H,37,38)(H,39,40)/t13-,14?,17?,19?,20+,25-,30-,31+/m0/s1. The number of likely N-dealkylation sites (tertiary alicyclic amines) is 1. The minimum absolute atomic E-state index is 0.0317. The van der Waals surface area contributed by atoms with Gasteiger partial charge in [0.2, 0.25) is 6.10 Å². The second-order valence-corrected chi connectivity index (χ2v) is 12.3. The summed E-state index contributed by atoms with van der Waals surface area (Å²) >= 11 is 0. The highest BCUT2D eigenvalue weighted by Gasteiger charge is 2.72. The number of carbonyl (C=O) groups is 6. The summed E-state index contributed by atoms with van der Waals surface area (Å²) < 4.78 is 26.4. The molecule has 1 aromatic rings. The zero-order valence-electron chi connectivity index (χ0n) is 26.1. The number of aliphatic hydroxyl groups is 2. The Balaban J connectivity index is 1.37. The molecule has 260 valence electrons. The predicted octanol–water partition coefficient (Wildman–Crippen LogP) is -0.701. The number of nitrogens with zero attached hydrogens (tertiary/aromatic N) is 1. The van der Waals surface area contributed by atoms with Crippen molar-refractivity contribution < 1.29 is 78.0 Å². The number of piperidine rings is 1. The van der Waals surface area contributed by atoms with Crippen LogP contribution in [-0.4, -0.2) is 122 Å². The summed E-state index contributed by atoms with van der Waals surface area (Å²) in [6.45, 7) is 2.64. The third kappa shape index (κ3) is 5.81. The van der Waals surface area contributed by atoms with Crippen molar-refractivity contribution in [2.24, 2.45) is 0 Å². The molecule has 1 spiro atoms. The van der Waals surface area contributed by atoms with Gasteiger partial charge in [0, 0.05) is 18.0 Å². The summed E-state index contributed by atoms with van der Waals surface area (Å²) in [6.07, 6.45) is -8.43. The van der Waals surface area contributed by atoms with Crippen LogP contribution in [0, 0.1) is 0 Å². The van der Waals surface area contributed by atoms with Gasteiger partial charge in [0.05, 0.1) is 23.9 Å². The van der Waals surface area contributed by atoms with Gasteiger partial charge in [-0.25, -0.2) is 19.2 Å². The van der Waals surface area contributed by atoms with E-state index in [1.807, 2.05) is 11.9 Å². The van der Waals surface area contributed by atoms with E-state index in [4.69, 9.17) is 29.2 Å². The Labute approximate surface area is 272 Å². The number of esters is 4. The maximum Gasteiger partial charge on any atom is 0.348 e. The van der Waals surface area contributed by atoms with Gasteiger partial charge in [0.15, 0.2) is 35.9 Å². The van der Waals surface area contributed by atoms with Crippen LogP contribution in [-0.2, 0) is 59.6 Å². The number of carboxylic acids is 2. The number of aromatic hydroxyl groups is 1. The van der Waals surface area contributed by atoms with Gasteiger partial charge in [-0.15, -0.1) is 0 Å². The molecule has 2 bridgehead atoms. The van der Waals surface area contributed by atoms with E-state index in [9.17, 15) is 44.1 Å². The van der Waals surface area contributed by atoms with Crippen LogP contribution < -0.4 is 4.74 Å². The Morgan fingerprint density at radius 2 is 1.67 bits per heavy atom. The molecule has 2 aliphatic carbocycles. The maximum absolute atomic E-state index is 13.3. The lowest BCUT2D eigenvalue weighted by Gasteiger charge is -2.61. The number of benzene rings is 1. The lowest BCUT2D eigenvalue weighted by molar-refractivity contribution is -0.184. The van der Waals surface area contributed by atoms with Gasteiger partial charge in [0.1, 0.15) is 5.76 Å². The molecule has 3 unspecified atom stereocenters. The first-order valence-corrected chi connectivity index (χ1v) is 15.1. The second kappa shape index (κ2) is 12.7. The van der Waals surface area contributed by atoms with Crippen LogP contribution in [0.5, 0.6) is 11.5 Å². The van der Waals surface area contributed by atoms with E-state index in [-0.39, 0.29) is 29.7 Å². The zero-order valence-corrected chi connectivity index (χ0v) is 26.1. The molecule has 0 aromatic heterocycles. The Kier molecular flexibility index (Phi) is 9.15. The van der Waals surface area contributed by atoms with Crippen LogP contribution in [0.25, 0.3) is 0 Å². The minimum atomic E-state index is -2.20. The van der Waals surface area contributed by atoms with Gasteiger partial charge in [-0.3, -0.25) is 9.59 Å². The summed E-state index contributed by atoms with van der Waals surface area (Å²) in [5.41, 5.74) is -0.964. The molecule has 17 heteroatoms. The molecule has 5 rings (SSSR count). The molecule has 48 heavy (non-hydrogen) atoms. The van der Waals surface area contributed by atoms with Crippen molar-refractivity contribution in [3.8, 4) is 11.5 Å². The van der Waals surface area contributed by atoms with Crippen molar-refractivity contribution in [1.82, 2.24) is 4.90 Å². The van der Waals surface area contributed by atoms with Gasteiger partial charge < -0.3 is 54.1 Å². The molecule has 2 aliphatic heterocycles. The van der Waals surface area contributed by atoms with Crippen LogP contribution in [0.1, 0.15) is 50.7 Å². The molecule has 5 N–H and O–H groups in total. The Morgan fingerprint density at radius 3 is 2.33 bits per heavy atom. The molecule has 1 fully saturated rings. The highest BCUT2D eigenvalue weighted by molar-refractivity contribution is 5.88. The fraction of sp³-hybridized carbons (Fsp3) is 0.548. The molecule has 0 saturated carbocycles. The van der Waals surface area contributed by atoms with Crippen molar-refractivity contribution in [2.75, 3.05) is 13.6 Å². The van der Waals surface area contributed by atoms with E-state index in [0.29, 0.717) is 24.9 Å². The Bertz CT molecular complexity index is 1590. The number of hydrogen-bond donors (Lipinski definition) is 5. The quantitative estimate of drug-likeness (QED) is 0.135. The monoisotopic (exact) mass is 677 g/mol. The van der Waals surface area contributed by atoms with Crippen LogP contribution >= 0.6 is 0 Å². The topological polar surface area (TPSA) is 253 Å². The van der Waals surface area contributed by atoms with E-state index < -0.39 is 90.2 Å². The highest BCUT2D eigenvalue weighted by Crippen LogP contribution is 2.65. The van der Waals surface area contributed by atoms with E-state index >= 15 is 0 Å². The third-order valence-corrected chi connectivity index (χ3v) is 9.38. The number of carbonyl (C=O) groups excluding carboxylic acids is 4. The largest absolute Gasteiger partial charge is 0.504 e. The van der Waals surface area contributed by atoms with E-state index in [1.54, 1.807) is 6.07 Å². The molecule has 0 amide bonds. The van der Waals surface area contributed by atoms with Gasteiger partial charge in [-0.1, -0.05) is 6.07 Å². The Morgan fingerprint density at radius 1 is 0.979 bits per heavy atom. The first-order chi connectivity index (χ1) is 22.5. The summed E-state index contributed by atoms with van der Waals surface area (Å²) in [5.74, 6) is -8.57. The van der Waals surface area contributed by atoms with Crippen molar-refractivity contribution in [3.63, 3.8) is 0 Å². The summed E-state index contributed by atoms with van der Waals surface area (Å²) in [6, 6.07) is 2.94. The number of phenolic OH excluding ortho intramolecular Hbond substituents is 1. The number of carboxylic acid groups (broad SMARTS) is 2. The molecular weight excluding hydrogens is 642 g/mol. The third-order valence-electron chi connectivity index (χ3n) is 9.38. The number of phenols is 1. The fourth-order valence-electron chi connectivity index (χ4n) is 7.01. The smallest absolute Gasteiger partial charge is 0.348 e. The number of aliphatic carboxylic acids is 2. The molecule has 17 nitrogen and oxygen atoms in total. The Hall–Kier alpha value is -4.74. The number of rotatable bonds is 12. The number of hydrogen-bond acceptors (Lipinski definition) is 15. The van der Waals surface area contributed by atoms with Gasteiger partial charge in [-0.2, -0.15) is 0 Å². The SMILES string of the molecule is CC(OC(=O)C(CC(=O)OC1=CC[C@@]2(O)[C@H]3Cc4ccc(O)c5c4[C@@]2(CCN3C)[C@H]1O5)OC(=O)CC(O)C(=O)O)C(=O)O[C@@H](C)C(=O)O. The average molecular weight is 678 g/mol. The molecule has 2 heterocycles. The maximum atomic E-state index is 13.3. The van der Waals surface area contributed by atoms with Crippen LogP contribution in [0.3, 0.4) is 0 Å². The van der Waals surface area contributed by atoms with Crippen LogP contribution in [0.4, 0.5) is 0 Å². The van der Waals surface area contributed by atoms with Crippen molar-refractivity contribution in [2.45, 2.75) is 93.5 Å². The van der Waals surface area contributed by atoms with Crippen LogP contribution in [0.15, 0.2) is 24.0 Å². The van der Waals surface area contributed by atoms with Gasteiger partial charge >= 0.3 is 35.8 Å². The molecule has 0 radical (unpaired) electrons. The molecule has 8 atom stereocenters. The van der Waals surface area contributed by atoms with Gasteiger partial charge in [-0.05, 0) is 58.0 Å². The number of ether oxygens (including phenoxy) is 5. The molecule has 1 saturated heterocycles.